The van der Waals surface area contributed by atoms with Crippen LogP contribution >= 0.6 is 11.8 Å². The normalized spacial score (nSPS) is 10.3. The first-order valence-electron chi connectivity index (χ1n) is 4.94. The molecule has 3 heteroatoms. The Morgan fingerprint density at radius 1 is 0.812 bits per heavy atom. The molecule has 2 nitrogen and oxygen atoms in total. The van der Waals surface area contributed by atoms with E-state index >= 15 is 0 Å². The average Bonchev–Trinajstić information content (AvgIpc) is 2.33. The molecule has 2 aromatic carbocycles. The van der Waals surface area contributed by atoms with Gasteiger partial charge in [-0.2, -0.15) is 0 Å². The molecule has 0 atom stereocenters. The molecule has 2 aromatic rings. The molecular weight excluding hydrogens is 220 g/mol. The van der Waals surface area contributed by atoms with Crippen LogP contribution in [0.5, 0.6) is 5.75 Å². The van der Waals surface area contributed by atoms with Gasteiger partial charge < -0.3 is 10.2 Å². The molecule has 0 fully saturated rings. The zero-order valence-corrected chi connectivity index (χ0v) is 9.45. The second-order valence-electron chi connectivity index (χ2n) is 3.40. The summed E-state index contributed by atoms with van der Waals surface area (Å²) in [6.45, 7) is 0.0736. The van der Waals surface area contributed by atoms with Crippen molar-refractivity contribution in [2.45, 2.75) is 16.4 Å². The molecular formula is C13H12O2S. The molecule has 2 N–H and O–H groups in total. The Morgan fingerprint density at radius 2 is 1.31 bits per heavy atom. The second-order valence-corrected chi connectivity index (χ2v) is 4.54. The number of hydrogen-bond donors (Lipinski definition) is 2. The Kier molecular flexibility index (Phi) is 3.49. The van der Waals surface area contributed by atoms with Crippen LogP contribution in [0.25, 0.3) is 0 Å². The smallest absolute Gasteiger partial charge is 0.115 e. The summed E-state index contributed by atoms with van der Waals surface area (Å²) in [6, 6.07) is 14.9. The highest BCUT2D eigenvalue weighted by atomic mass is 32.2. The van der Waals surface area contributed by atoms with Crippen LogP contribution in [-0.4, -0.2) is 10.2 Å². The fourth-order valence-corrected chi connectivity index (χ4v) is 2.13. The van der Waals surface area contributed by atoms with Crippen LogP contribution < -0.4 is 0 Å². The Morgan fingerprint density at radius 3 is 1.81 bits per heavy atom. The highest BCUT2D eigenvalue weighted by molar-refractivity contribution is 7.99. The Balaban J connectivity index is 2.11. The van der Waals surface area contributed by atoms with E-state index < -0.39 is 0 Å². The molecule has 82 valence electrons. The van der Waals surface area contributed by atoms with Gasteiger partial charge in [-0.15, -0.1) is 0 Å². The van der Waals surface area contributed by atoms with Crippen molar-refractivity contribution < 1.29 is 10.2 Å². The quantitative estimate of drug-likeness (QED) is 0.854. The topological polar surface area (TPSA) is 40.5 Å². The van der Waals surface area contributed by atoms with E-state index in [2.05, 4.69) is 0 Å². The molecule has 16 heavy (non-hydrogen) atoms. The van der Waals surface area contributed by atoms with Gasteiger partial charge in [0.2, 0.25) is 0 Å². The van der Waals surface area contributed by atoms with Gasteiger partial charge in [-0.25, -0.2) is 0 Å². The average molecular weight is 232 g/mol. The maximum absolute atomic E-state index is 9.15. The predicted molar refractivity (Wildman–Crippen MR) is 64.6 cm³/mol. The molecule has 0 saturated heterocycles. The van der Waals surface area contributed by atoms with Crippen molar-refractivity contribution in [1.29, 1.82) is 0 Å². The monoisotopic (exact) mass is 232 g/mol. The van der Waals surface area contributed by atoms with E-state index in [0.717, 1.165) is 15.4 Å². The zero-order valence-electron chi connectivity index (χ0n) is 8.63. The van der Waals surface area contributed by atoms with Crippen LogP contribution in [0, 0.1) is 0 Å². The van der Waals surface area contributed by atoms with Crippen molar-refractivity contribution in [3.05, 3.63) is 54.1 Å². The number of benzene rings is 2. The van der Waals surface area contributed by atoms with Crippen molar-refractivity contribution in [2.75, 3.05) is 0 Å². The van der Waals surface area contributed by atoms with Gasteiger partial charge in [-0.1, -0.05) is 23.9 Å². The van der Waals surface area contributed by atoms with Gasteiger partial charge in [0.25, 0.3) is 0 Å². The van der Waals surface area contributed by atoms with E-state index in [1.807, 2.05) is 36.4 Å². The standard InChI is InChI=1S/C13H12O2S/c14-9-10-1-5-12(6-2-10)16-13-7-3-11(15)4-8-13/h1-8,14-15H,9H2. The van der Waals surface area contributed by atoms with Crippen molar-refractivity contribution in [3.8, 4) is 5.75 Å². The van der Waals surface area contributed by atoms with Crippen molar-refractivity contribution >= 4 is 11.8 Å². The van der Waals surface area contributed by atoms with Crippen LogP contribution in [0.3, 0.4) is 0 Å². The fourth-order valence-electron chi connectivity index (χ4n) is 1.31. The zero-order chi connectivity index (χ0) is 11.4. The third-order valence-corrected chi connectivity index (χ3v) is 3.19. The molecule has 0 bridgehead atoms. The summed E-state index contributed by atoms with van der Waals surface area (Å²) in [7, 11) is 0. The number of aliphatic hydroxyl groups excluding tert-OH is 1. The largest absolute Gasteiger partial charge is 0.508 e. The molecule has 0 radical (unpaired) electrons. The van der Waals surface area contributed by atoms with Gasteiger partial charge in [-0.3, -0.25) is 0 Å². The minimum Gasteiger partial charge on any atom is -0.508 e. The van der Waals surface area contributed by atoms with Gasteiger partial charge in [-0.05, 0) is 42.0 Å². The molecule has 0 aliphatic carbocycles. The number of phenolic OH excluding ortho intramolecular Hbond substituents is 1. The lowest BCUT2D eigenvalue weighted by Crippen LogP contribution is -1.81. The minimum atomic E-state index is 0.0736. The van der Waals surface area contributed by atoms with E-state index in [1.54, 1.807) is 23.9 Å². The summed E-state index contributed by atoms with van der Waals surface area (Å²) in [5.74, 6) is 0.278. The highest BCUT2D eigenvalue weighted by Crippen LogP contribution is 2.28. The van der Waals surface area contributed by atoms with Crippen molar-refractivity contribution in [3.63, 3.8) is 0 Å². The number of hydrogen-bond acceptors (Lipinski definition) is 3. The number of aromatic hydroxyl groups is 1. The van der Waals surface area contributed by atoms with E-state index in [1.165, 1.54) is 0 Å². The van der Waals surface area contributed by atoms with E-state index in [-0.39, 0.29) is 12.4 Å². The molecule has 0 saturated carbocycles. The molecule has 0 unspecified atom stereocenters. The van der Waals surface area contributed by atoms with E-state index in [9.17, 15) is 0 Å². The predicted octanol–water partition coefficient (Wildman–Crippen LogP) is 3.04. The molecule has 0 heterocycles. The van der Waals surface area contributed by atoms with Gasteiger partial charge >= 0.3 is 0 Å². The summed E-state index contributed by atoms with van der Waals surface area (Å²) in [5.41, 5.74) is 0.912. The first kappa shape index (κ1) is 11.0. The van der Waals surface area contributed by atoms with Crippen LogP contribution in [-0.2, 0) is 6.61 Å². The SMILES string of the molecule is OCc1ccc(Sc2ccc(O)cc2)cc1. The molecule has 0 spiro atoms. The third kappa shape index (κ3) is 2.78. The fraction of sp³-hybridized carbons (Fsp3) is 0.0769. The Hall–Kier alpha value is -1.45. The first-order valence-corrected chi connectivity index (χ1v) is 5.76. The number of rotatable bonds is 3. The summed E-state index contributed by atoms with van der Waals surface area (Å²) < 4.78 is 0. The molecule has 0 aliphatic rings. The minimum absolute atomic E-state index is 0.0736. The molecule has 0 amide bonds. The molecule has 0 aliphatic heterocycles. The number of phenols is 1. The van der Waals surface area contributed by atoms with Gasteiger partial charge in [0.05, 0.1) is 6.61 Å². The van der Waals surface area contributed by atoms with Gasteiger partial charge in [0.15, 0.2) is 0 Å². The maximum Gasteiger partial charge on any atom is 0.115 e. The van der Waals surface area contributed by atoms with Crippen LogP contribution in [0.1, 0.15) is 5.56 Å². The maximum atomic E-state index is 9.15. The van der Waals surface area contributed by atoms with Crippen LogP contribution in [0.2, 0.25) is 0 Å². The summed E-state index contributed by atoms with van der Waals surface area (Å²) >= 11 is 1.62. The summed E-state index contributed by atoms with van der Waals surface area (Å²) in [6.07, 6.45) is 0. The Labute approximate surface area is 98.6 Å². The van der Waals surface area contributed by atoms with Crippen LogP contribution in [0.15, 0.2) is 58.3 Å². The number of aliphatic hydroxyl groups is 1. The molecule has 2 rings (SSSR count). The van der Waals surface area contributed by atoms with Crippen molar-refractivity contribution in [1.82, 2.24) is 0 Å². The Bertz CT molecular complexity index is 448. The lowest BCUT2D eigenvalue weighted by atomic mass is 10.2. The second kappa shape index (κ2) is 5.05. The van der Waals surface area contributed by atoms with Gasteiger partial charge in [0, 0.05) is 9.79 Å². The van der Waals surface area contributed by atoms with E-state index in [0.29, 0.717) is 0 Å². The lowest BCUT2D eigenvalue weighted by Gasteiger charge is -2.02. The van der Waals surface area contributed by atoms with Crippen LogP contribution in [0.4, 0.5) is 0 Å². The lowest BCUT2D eigenvalue weighted by molar-refractivity contribution is 0.282. The summed E-state index contributed by atoms with van der Waals surface area (Å²) in [4.78, 5) is 2.19. The third-order valence-electron chi connectivity index (χ3n) is 2.18. The highest BCUT2D eigenvalue weighted by Gasteiger charge is 1.97. The van der Waals surface area contributed by atoms with E-state index in [4.69, 9.17) is 10.2 Å². The molecule has 0 aromatic heterocycles. The summed E-state index contributed by atoms with van der Waals surface area (Å²) in [5, 5.41) is 18.1. The van der Waals surface area contributed by atoms with Crippen molar-refractivity contribution in [2.24, 2.45) is 0 Å². The first-order chi connectivity index (χ1) is 7.78. The van der Waals surface area contributed by atoms with Gasteiger partial charge in [0.1, 0.15) is 5.75 Å².